The fourth-order valence-electron chi connectivity index (χ4n) is 5.18. The van der Waals surface area contributed by atoms with Crippen molar-refractivity contribution in [2.24, 2.45) is 0 Å². The number of carbonyl (C=O) groups excluding carboxylic acids is 1. The summed E-state index contributed by atoms with van der Waals surface area (Å²) in [5.74, 6) is 2.51. The fraction of sp³-hybridized carbons (Fsp3) is 0.654. The van der Waals surface area contributed by atoms with E-state index in [-0.39, 0.29) is 24.2 Å². The number of amides is 1. The van der Waals surface area contributed by atoms with Crippen LogP contribution in [0.3, 0.4) is 0 Å². The molecule has 0 radical (unpaired) electrons. The van der Waals surface area contributed by atoms with Crippen LogP contribution in [0.15, 0.2) is 12.4 Å². The van der Waals surface area contributed by atoms with Crippen LogP contribution in [-0.4, -0.2) is 73.4 Å². The second kappa shape index (κ2) is 10.2. The summed E-state index contributed by atoms with van der Waals surface area (Å²) in [5.41, 5.74) is 0.925. The van der Waals surface area contributed by atoms with Crippen molar-refractivity contribution in [3.8, 4) is 0 Å². The zero-order chi connectivity index (χ0) is 26.2. The van der Waals surface area contributed by atoms with Gasteiger partial charge in [0.25, 0.3) is 0 Å². The summed E-state index contributed by atoms with van der Waals surface area (Å²) in [4.78, 5) is 35.5. The highest BCUT2D eigenvalue weighted by atomic mass is 35.5. The van der Waals surface area contributed by atoms with Crippen LogP contribution in [0.25, 0.3) is 0 Å². The molecule has 1 saturated carbocycles. The quantitative estimate of drug-likeness (QED) is 0.594. The molecule has 10 nitrogen and oxygen atoms in total. The third-order valence-electron chi connectivity index (χ3n) is 7.48. The zero-order valence-electron chi connectivity index (χ0n) is 21.8. The van der Waals surface area contributed by atoms with Crippen molar-refractivity contribution in [3.63, 3.8) is 0 Å². The first-order valence-electron chi connectivity index (χ1n) is 13.1. The predicted octanol–water partition coefficient (Wildman–Crippen LogP) is 3.92. The molecular weight excluding hydrogens is 494 g/mol. The van der Waals surface area contributed by atoms with Crippen molar-refractivity contribution in [2.75, 3.05) is 36.5 Å². The van der Waals surface area contributed by atoms with Gasteiger partial charge in [-0.2, -0.15) is 4.98 Å². The number of nitrogens with zero attached hydrogens (tertiary/aromatic N) is 6. The number of anilines is 2. The molecule has 0 aromatic carbocycles. The number of halogens is 1. The number of piperidine rings is 1. The van der Waals surface area contributed by atoms with E-state index in [0.29, 0.717) is 36.3 Å². The molecule has 2 fully saturated rings. The van der Waals surface area contributed by atoms with Crippen molar-refractivity contribution < 1.29 is 14.6 Å². The van der Waals surface area contributed by atoms with Crippen molar-refractivity contribution in [2.45, 2.75) is 82.9 Å². The Kier molecular flexibility index (Phi) is 7.15. The van der Waals surface area contributed by atoms with Gasteiger partial charge in [0.1, 0.15) is 17.2 Å². The van der Waals surface area contributed by atoms with E-state index in [1.807, 2.05) is 20.8 Å². The Hall–Kier alpha value is -2.72. The van der Waals surface area contributed by atoms with E-state index in [0.717, 1.165) is 62.3 Å². The molecule has 0 spiro atoms. The summed E-state index contributed by atoms with van der Waals surface area (Å²) in [6.45, 7) is 8.17. The minimum Gasteiger partial charge on any atom is -0.444 e. The maximum atomic E-state index is 12.8. The predicted molar refractivity (Wildman–Crippen MR) is 141 cm³/mol. The molecule has 2 aromatic heterocycles. The van der Waals surface area contributed by atoms with Gasteiger partial charge >= 0.3 is 6.09 Å². The van der Waals surface area contributed by atoms with E-state index in [1.165, 1.54) is 0 Å². The highest BCUT2D eigenvalue weighted by Gasteiger charge is 2.39. The molecule has 2 N–H and O–H groups in total. The fourth-order valence-corrected chi connectivity index (χ4v) is 5.27. The Bertz CT molecular complexity index is 1120. The van der Waals surface area contributed by atoms with Crippen molar-refractivity contribution in [1.82, 2.24) is 24.8 Å². The number of aliphatic hydroxyl groups excluding tert-OH is 1. The molecule has 1 saturated heterocycles. The first-order chi connectivity index (χ1) is 17.6. The molecule has 2 aliphatic heterocycles. The number of aromatic nitrogens is 4. The molecule has 200 valence electrons. The second-order valence-corrected chi connectivity index (χ2v) is 11.8. The average molecular weight is 530 g/mol. The number of rotatable bonds is 5. The van der Waals surface area contributed by atoms with E-state index in [9.17, 15) is 9.90 Å². The van der Waals surface area contributed by atoms with E-state index in [2.05, 4.69) is 20.2 Å². The van der Waals surface area contributed by atoms with Gasteiger partial charge in [0, 0.05) is 49.9 Å². The minimum atomic E-state index is -0.561. The lowest BCUT2D eigenvalue weighted by Crippen LogP contribution is -2.49. The Morgan fingerprint density at radius 3 is 2.49 bits per heavy atom. The molecule has 11 heteroatoms. The van der Waals surface area contributed by atoms with Gasteiger partial charge in [-0.15, -0.1) is 0 Å². The number of carbonyl (C=O) groups is 1. The second-order valence-electron chi connectivity index (χ2n) is 11.4. The molecule has 37 heavy (non-hydrogen) atoms. The summed E-state index contributed by atoms with van der Waals surface area (Å²) in [6, 6.07) is 0. The van der Waals surface area contributed by atoms with E-state index in [1.54, 1.807) is 17.3 Å². The summed E-state index contributed by atoms with van der Waals surface area (Å²) in [6.07, 6.45) is 8.24. The first-order valence-corrected chi connectivity index (χ1v) is 13.5. The molecule has 3 aliphatic rings. The maximum absolute atomic E-state index is 12.8. The molecule has 5 rings (SSSR count). The van der Waals surface area contributed by atoms with Gasteiger partial charge in [-0.05, 0) is 52.9 Å². The number of hydrogen-bond acceptors (Lipinski definition) is 9. The van der Waals surface area contributed by atoms with Crippen LogP contribution < -0.4 is 10.2 Å². The summed E-state index contributed by atoms with van der Waals surface area (Å²) < 4.78 is 5.62. The van der Waals surface area contributed by atoms with Crippen LogP contribution >= 0.6 is 11.6 Å². The number of ether oxygens (including phenoxy) is 1. The zero-order valence-corrected chi connectivity index (χ0v) is 22.6. The summed E-state index contributed by atoms with van der Waals surface area (Å²) in [7, 11) is 0. The summed E-state index contributed by atoms with van der Waals surface area (Å²) in [5, 5.41) is 14.2. The number of nitrogens with one attached hydrogen (secondary N) is 1. The number of aliphatic hydroxyl groups is 1. The molecular formula is C26H36ClN7O3. The molecule has 0 bridgehead atoms. The molecule has 2 aromatic rings. The topological polar surface area (TPSA) is 117 Å². The van der Waals surface area contributed by atoms with Gasteiger partial charge in [-0.25, -0.2) is 19.7 Å². The SMILES string of the molecule is CC(C)(C)OC(=O)N1CCc2nc(N3CCC(c4ncc(Cl)cn4)CC3)nc(NC3(CO)CCC3)c2C1. The van der Waals surface area contributed by atoms with Gasteiger partial charge < -0.3 is 25.0 Å². The third kappa shape index (κ3) is 5.75. The Balaban J connectivity index is 1.37. The Labute approximate surface area is 222 Å². The molecule has 1 amide bonds. The Morgan fingerprint density at radius 1 is 1.19 bits per heavy atom. The third-order valence-corrected chi connectivity index (χ3v) is 7.68. The standard InChI is InChI=1S/C26H36ClN7O3/c1-25(2,3)37-24(36)34-12-7-20-19(15-34)22(32-26(16-35)8-4-9-26)31-23(30-20)33-10-5-17(6-11-33)21-28-13-18(27)14-29-21/h13-14,17,35H,4-12,15-16H2,1-3H3,(H,30,31,32). The van der Waals surface area contributed by atoms with Gasteiger partial charge in [0.2, 0.25) is 5.95 Å². The van der Waals surface area contributed by atoms with Crippen molar-refractivity contribution in [3.05, 3.63) is 34.5 Å². The van der Waals surface area contributed by atoms with Crippen molar-refractivity contribution in [1.29, 1.82) is 0 Å². The highest BCUT2D eigenvalue weighted by molar-refractivity contribution is 6.30. The Morgan fingerprint density at radius 2 is 1.89 bits per heavy atom. The van der Waals surface area contributed by atoms with E-state index in [4.69, 9.17) is 26.3 Å². The average Bonchev–Trinajstić information content (AvgIpc) is 2.85. The van der Waals surface area contributed by atoms with Gasteiger partial charge in [-0.1, -0.05) is 11.6 Å². The normalized spacial score (nSPS) is 19.7. The molecule has 0 atom stereocenters. The van der Waals surface area contributed by atoms with Gasteiger partial charge in [-0.3, -0.25) is 0 Å². The van der Waals surface area contributed by atoms with Gasteiger partial charge in [0.05, 0.1) is 29.4 Å². The van der Waals surface area contributed by atoms with Gasteiger partial charge in [0.15, 0.2) is 0 Å². The lowest BCUT2D eigenvalue weighted by Gasteiger charge is -2.42. The molecule has 1 aliphatic carbocycles. The number of fused-ring (bicyclic) bond motifs is 1. The number of hydrogen-bond donors (Lipinski definition) is 2. The minimum absolute atomic E-state index is 0.0450. The van der Waals surface area contributed by atoms with Crippen molar-refractivity contribution >= 4 is 29.5 Å². The van der Waals surface area contributed by atoms with Crippen LogP contribution in [0, 0.1) is 0 Å². The monoisotopic (exact) mass is 529 g/mol. The highest BCUT2D eigenvalue weighted by Crippen LogP contribution is 2.38. The lowest BCUT2D eigenvalue weighted by atomic mass is 9.77. The smallest absolute Gasteiger partial charge is 0.410 e. The van der Waals surface area contributed by atoms with E-state index < -0.39 is 5.60 Å². The van der Waals surface area contributed by atoms with Crippen LogP contribution in [0.2, 0.25) is 5.02 Å². The van der Waals surface area contributed by atoms with Crippen LogP contribution in [0.4, 0.5) is 16.6 Å². The molecule has 4 heterocycles. The largest absolute Gasteiger partial charge is 0.444 e. The van der Waals surface area contributed by atoms with Crippen LogP contribution in [0.1, 0.15) is 75.9 Å². The summed E-state index contributed by atoms with van der Waals surface area (Å²) >= 11 is 5.95. The van der Waals surface area contributed by atoms with Crippen LogP contribution in [-0.2, 0) is 17.7 Å². The van der Waals surface area contributed by atoms with E-state index >= 15 is 0 Å². The molecule has 0 unspecified atom stereocenters. The maximum Gasteiger partial charge on any atom is 0.410 e. The lowest BCUT2D eigenvalue weighted by molar-refractivity contribution is 0.0223. The van der Waals surface area contributed by atoms with Crippen LogP contribution in [0.5, 0.6) is 0 Å². The first kappa shape index (κ1) is 25.9.